The van der Waals surface area contributed by atoms with Crippen LogP contribution >= 0.6 is 0 Å². The van der Waals surface area contributed by atoms with Crippen molar-refractivity contribution in [2.24, 2.45) is 17.4 Å². The molecule has 0 saturated heterocycles. The van der Waals surface area contributed by atoms with Crippen LogP contribution in [0.3, 0.4) is 0 Å². The van der Waals surface area contributed by atoms with Gasteiger partial charge in [-0.2, -0.15) is 0 Å². The van der Waals surface area contributed by atoms with E-state index in [9.17, 15) is 39.3 Å². The van der Waals surface area contributed by atoms with E-state index in [0.29, 0.717) is 12.0 Å². The number of nitrogens with one attached hydrogen (secondary N) is 3. The summed E-state index contributed by atoms with van der Waals surface area (Å²) < 4.78 is 0. The molecule has 0 aliphatic rings. The molecule has 1 aromatic carbocycles. The fourth-order valence-corrected chi connectivity index (χ4v) is 3.18. The molecular formula is C23H35N5O8. The molecule has 0 fully saturated rings. The van der Waals surface area contributed by atoms with Gasteiger partial charge in [-0.05, 0) is 30.5 Å². The number of primary amides is 1. The fraction of sp³-hybridized carbons (Fsp3) is 0.522. The number of carboxylic acid groups (broad SMARTS) is 1. The number of hydrogen-bond donors (Lipinski definition) is 8. The zero-order valence-corrected chi connectivity index (χ0v) is 20.4. The van der Waals surface area contributed by atoms with Gasteiger partial charge < -0.3 is 42.7 Å². The molecule has 4 amide bonds. The fourth-order valence-electron chi connectivity index (χ4n) is 3.18. The standard InChI is InChI=1S/C23H35N5O8/c1-4-11(2)19(23(35)36)28-21(33)16(10-17(24)31)26-20(32)15(27-22(34)18(25)12(3)29)9-13-5-7-14(30)8-6-13/h5-8,11-12,15-16,18-19,29-30H,4,9-10,25H2,1-3H3,(H2,24,31)(H,26,32)(H,27,34)(H,28,33)(H,35,36). The van der Waals surface area contributed by atoms with E-state index in [0.717, 1.165) is 0 Å². The van der Waals surface area contributed by atoms with Crippen LogP contribution in [0.15, 0.2) is 24.3 Å². The van der Waals surface area contributed by atoms with Gasteiger partial charge in [0.25, 0.3) is 0 Å². The summed E-state index contributed by atoms with van der Waals surface area (Å²) in [6.45, 7) is 4.65. The van der Waals surface area contributed by atoms with E-state index in [1.165, 1.54) is 31.2 Å². The van der Waals surface area contributed by atoms with Crippen molar-refractivity contribution in [2.75, 3.05) is 0 Å². The Balaban J connectivity index is 3.17. The first-order valence-corrected chi connectivity index (χ1v) is 11.4. The predicted molar refractivity (Wildman–Crippen MR) is 128 cm³/mol. The molecule has 0 bridgehead atoms. The highest BCUT2D eigenvalue weighted by molar-refractivity contribution is 5.96. The number of phenols is 1. The lowest BCUT2D eigenvalue weighted by atomic mass is 9.98. The number of carbonyl (C=O) groups is 5. The van der Waals surface area contributed by atoms with Crippen molar-refractivity contribution in [3.05, 3.63) is 29.8 Å². The molecule has 13 nitrogen and oxygen atoms in total. The maximum Gasteiger partial charge on any atom is 0.326 e. The minimum absolute atomic E-state index is 0.0209. The minimum atomic E-state index is -1.52. The number of hydrogen-bond acceptors (Lipinski definition) is 8. The molecule has 0 radical (unpaired) electrons. The van der Waals surface area contributed by atoms with Gasteiger partial charge in [0.1, 0.15) is 29.9 Å². The summed E-state index contributed by atoms with van der Waals surface area (Å²) in [6.07, 6.45) is -1.50. The van der Waals surface area contributed by atoms with E-state index in [1.807, 2.05) is 0 Å². The quantitative estimate of drug-likeness (QED) is 0.140. The van der Waals surface area contributed by atoms with Crippen molar-refractivity contribution in [2.45, 2.75) is 70.3 Å². The molecule has 0 aliphatic heterocycles. The van der Waals surface area contributed by atoms with Crippen LogP contribution in [-0.2, 0) is 30.4 Å². The average Bonchev–Trinajstić information content (AvgIpc) is 2.80. The molecule has 200 valence electrons. The van der Waals surface area contributed by atoms with Gasteiger partial charge in [-0.3, -0.25) is 19.2 Å². The lowest BCUT2D eigenvalue weighted by Gasteiger charge is -2.26. The third-order valence-corrected chi connectivity index (χ3v) is 5.65. The monoisotopic (exact) mass is 509 g/mol. The Morgan fingerprint density at radius 3 is 1.92 bits per heavy atom. The molecule has 1 rings (SSSR count). The van der Waals surface area contributed by atoms with Gasteiger partial charge in [0, 0.05) is 6.42 Å². The lowest BCUT2D eigenvalue weighted by Crippen LogP contribution is -2.59. The SMILES string of the molecule is CCC(C)C(NC(=O)C(CC(N)=O)NC(=O)C(Cc1ccc(O)cc1)NC(=O)C(N)C(C)O)C(=O)O. The number of rotatable bonds is 14. The highest BCUT2D eigenvalue weighted by Gasteiger charge is 2.33. The Hall–Kier alpha value is -3.71. The average molecular weight is 510 g/mol. The molecule has 10 N–H and O–H groups in total. The van der Waals surface area contributed by atoms with Gasteiger partial charge in [-0.25, -0.2) is 4.79 Å². The van der Waals surface area contributed by atoms with Crippen LogP contribution in [0.5, 0.6) is 5.75 Å². The highest BCUT2D eigenvalue weighted by Crippen LogP contribution is 2.12. The summed E-state index contributed by atoms with van der Waals surface area (Å²) in [5, 5.41) is 35.6. The number of benzene rings is 1. The van der Waals surface area contributed by atoms with Crippen LogP contribution in [0.4, 0.5) is 0 Å². The third kappa shape index (κ3) is 9.50. The Bertz CT molecular complexity index is 937. The van der Waals surface area contributed by atoms with E-state index in [1.54, 1.807) is 13.8 Å². The second-order valence-electron chi connectivity index (χ2n) is 8.64. The Morgan fingerprint density at radius 1 is 0.917 bits per heavy atom. The lowest BCUT2D eigenvalue weighted by molar-refractivity contribution is -0.144. The van der Waals surface area contributed by atoms with Crippen LogP contribution in [-0.4, -0.2) is 75.2 Å². The molecule has 13 heteroatoms. The molecular weight excluding hydrogens is 474 g/mol. The van der Waals surface area contributed by atoms with E-state index in [4.69, 9.17) is 11.5 Å². The van der Waals surface area contributed by atoms with E-state index in [2.05, 4.69) is 16.0 Å². The molecule has 0 saturated carbocycles. The van der Waals surface area contributed by atoms with Crippen molar-refractivity contribution < 1.29 is 39.3 Å². The smallest absolute Gasteiger partial charge is 0.326 e. The Labute approximate surface area is 208 Å². The first-order valence-electron chi connectivity index (χ1n) is 11.4. The summed E-state index contributed by atoms with van der Waals surface area (Å²) in [4.78, 5) is 61.5. The van der Waals surface area contributed by atoms with Crippen molar-refractivity contribution >= 4 is 29.6 Å². The molecule has 0 heterocycles. The second kappa shape index (κ2) is 14.0. The molecule has 1 aromatic rings. The number of aromatic hydroxyl groups is 1. The van der Waals surface area contributed by atoms with Gasteiger partial charge in [0.15, 0.2) is 0 Å². The molecule has 6 unspecified atom stereocenters. The summed E-state index contributed by atoms with van der Waals surface area (Å²) in [5.74, 6) is -5.35. The van der Waals surface area contributed by atoms with Crippen molar-refractivity contribution in [1.82, 2.24) is 16.0 Å². The van der Waals surface area contributed by atoms with Gasteiger partial charge in [-0.1, -0.05) is 32.4 Å². The van der Waals surface area contributed by atoms with Crippen LogP contribution in [0.1, 0.15) is 39.2 Å². The molecule has 0 spiro atoms. The maximum absolute atomic E-state index is 13.1. The zero-order valence-electron chi connectivity index (χ0n) is 20.4. The number of phenolic OH excluding ortho intramolecular Hbond substituents is 1. The number of aliphatic hydroxyl groups excluding tert-OH is 1. The third-order valence-electron chi connectivity index (χ3n) is 5.65. The summed E-state index contributed by atoms with van der Waals surface area (Å²) in [7, 11) is 0. The molecule has 0 aromatic heterocycles. The van der Waals surface area contributed by atoms with E-state index >= 15 is 0 Å². The molecule has 0 aliphatic carbocycles. The zero-order chi connectivity index (χ0) is 27.6. The number of aliphatic carboxylic acids is 1. The maximum atomic E-state index is 13.1. The Kier molecular flexibility index (Phi) is 11.8. The number of aliphatic hydroxyl groups is 1. The van der Waals surface area contributed by atoms with E-state index < -0.39 is 72.2 Å². The van der Waals surface area contributed by atoms with Crippen LogP contribution in [0, 0.1) is 5.92 Å². The summed E-state index contributed by atoms with van der Waals surface area (Å²) in [6, 6.07) is 0.310. The largest absolute Gasteiger partial charge is 0.508 e. The van der Waals surface area contributed by atoms with Gasteiger partial charge in [0.05, 0.1) is 12.5 Å². The minimum Gasteiger partial charge on any atom is -0.508 e. The molecule has 6 atom stereocenters. The first kappa shape index (κ1) is 30.3. The van der Waals surface area contributed by atoms with Crippen LogP contribution < -0.4 is 27.4 Å². The van der Waals surface area contributed by atoms with Crippen LogP contribution in [0.2, 0.25) is 0 Å². The summed E-state index contributed by atoms with van der Waals surface area (Å²) >= 11 is 0. The second-order valence-corrected chi connectivity index (χ2v) is 8.64. The van der Waals surface area contributed by atoms with Crippen molar-refractivity contribution in [3.8, 4) is 5.75 Å². The highest BCUT2D eigenvalue weighted by atomic mass is 16.4. The Morgan fingerprint density at radius 2 is 1.44 bits per heavy atom. The van der Waals surface area contributed by atoms with Crippen molar-refractivity contribution in [3.63, 3.8) is 0 Å². The van der Waals surface area contributed by atoms with Gasteiger partial charge >= 0.3 is 5.97 Å². The van der Waals surface area contributed by atoms with Gasteiger partial charge in [-0.15, -0.1) is 0 Å². The topological polar surface area (TPSA) is 234 Å². The molecule has 36 heavy (non-hydrogen) atoms. The number of carboxylic acids is 1. The van der Waals surface area contributed by atoms with Gasteiger partial charge in [0.2, 0.25) is 23.6 Å². The number of carbonyl (C=O) groups excluding carboxylic acids is 4. The van der Waals surface area contributed by atoms with E-state index in [-0.39, 0.29) is 12.2 Å². The first-order chi connectivity index (χ1) is 16.8. The van der Waals surface area contributed by atoms with Crippen LogP contribution in [0.25, 0.3) is 0 Å². The number of nitrogens with two attached hydrogens (primary N) is 2. The normalized spacial score (nSPS) is 15.9. The number of amides is 4. The predicted octanol–water partition coefficient (Wildman–Crippen LogP) is -1.90. The summed E-state index contributed by atoms with van der Waals surface area (Å²) in [5.41, 5.74) is 11.4. The van der Waals surface area contributed by atoms with Crippen molar-refractivity contribution in [1.29, 1.82) is 0 Å².